The van der Waals surface area contributed by atoms with Gasteiger partial charge in [-0.1, -0.05) is 43.0 Å². The first-order valence-electron chi connectivity index (χ1n) is 7.74. The fourth-order valence-corrected chi connectivity index (χ4v) is 4.08. The number of nitrogens with one attached hydrogen (secondary N) is 1. The van der Waals surface area contributed by atoms with Gasteiger partial charge < -0.3 is 10.2 Å². The molecule has 0 radical (unpaired) electrons. The fourth-order valence-electron chi connectivity index (χ4n) is 3.51. The Kier molecular flexibility index (Phi) is 5.96. The van der Waals surface area contributed by atoms with Crippen LogP contribution in [0.25, 0.3) is 0 Å². The molecule has 1 aromatic carbocycles. The summed E-state index contributed by atoms with van der Waals surface area (Å²) in [5, 5.41) is 5.01. The van der Waals surface area contributed by atoms with Crippen LogP contribution in [0.2, 0.25) is 10.0 Å². The molecule has 2 nitrogen and oxygen atoms in total. The van der Waals surface area contributed by atoms with E-state index in [4.69, 9.17) is 23.2 Å². The minimum atomic E-state index is 0.278. The number of rotatable bonds is 5. The van der Waals surface area contributed by atoms with Gasteiger partial charge in [-0.2, -0.15) is 0 Å². The monoisotopic (exact) mass is 328 g/mol. The molecule has 0 bridgehead atoms. The molecule has 0 saturated heterocycles. The summed E-state index contributed by atoms with van der Waals surface area (Å²) >= 11 is 12.1. The highest BCUT2D eigenvalue weighted by molar-refractivity contribution is 6.34. The minimum Gasteiger partial charge on any atom is -0.311 e. The first-order chi connectivity index (χ1) is 9.91. The average Bonchev–Trinajstić information content (AvgIpc) is 2.37. The van der Waals surface area contributed by atoms with Crippen molar-refractivity contribution < 1.29 is 0 Å². The zero-order chi connectivity index (χ0) is 15.5. The molecule has 0 heterocycles. The van der Waals surface area contributed by atoms with Crippen LogP contribution in [0, 0.1) is 5.92 Å². The van der Waals surface area contributed by atoms with Gasteiger partial charge in [0.05, 0.1) is 0 Å². The third-order valence-corrected chi connectivity index (χ3v) is 5.16. The third-order valence-electron chi connectivity index (χ3n) is 4.72. The highest BCUT2D eigenvalue weighted by Gasteiger charge is 2.36. The summed E-state index contributed by atoms with van der Waals surface area (Å²) in [5.74, 6) is 0.809. The molecule has 1 aromatic rings. The Morgan fingerprint density at radius 1 is 1.24 bits per heavy atom. The molecule has 1 aliphatic rings. The number of hydrogen-bond acceptors (Lipinski definition) is 2. The number of likely N-dealkylation sites (N-methyl/N-ethyl adjacent to an activating group) is 1. The lowest BCUT2D eigenvalue weighted by Crippen LogP contribution is -2.54. The molecule has 1 N–H and O–H groups in total. The molecule has 0 aliphatic heterocycles. The van der Waals surface area contributed by atoms with Crippen molar-refractivity contribution >= 4 is 23.2 Å². The summed E-state index contributed by atoms with van der Waals surface area (Å²) in [6.45, 7) is 4.19. The van der Waals surface area contributed by atoms with Crippen molar-refractivity contribution in [3.63, 3.8) is 0 Å². The minimum absolute atomic E-state index is 0.278. The summed E-state index contributed by atoms with van der Waals surface area (Å²) in [7, 11) is 4.41. The van der Waals surface area contributed by atoms with Crippen molar-refractivity contribution in [2.75, 3.05) is 20.6 Å². The summed E-state index contributed by atoms with van der Waals surface area (Å²) in [4.78, 5) is 2.40. The van der Waals surface area contributed by atoms with E-state index in [0.29, 0.717) is 10.0 Å². The van der Waals surface area contributed by atoms with Crippen LogP contribution in [0.5, 0.6) is 0 Å². The van der Waals surface area contributed by atoms with Gasteiger partial charge in [-0.25, -0.2) is 0 Å². The maximum absolute atomic E-state index is 6.05. The predicted molar refractivity (Wildman–Crippen MR) is 92.2 cm³/mol. The van der Waals surface area contributed by atoms with Gasteiger partial charge in [-0.3, -0.25) is 0 Å². The van der Waals surface area contributed by atoms with E-state index in [9.17, 15) is 0 Å². The molecule has 0 spiro atoms. The zero-order valence-corrected chi connectivity index (χ0v) is 14.8. The summed E-state index contributed by atoms with van der Waals surface area (Å²) < 4.78 is 0. The second-order valence-electron chi connectivity index (χ2n) is 6.70. The maximum Gasteiger partial charge on any atom is 0.0424 e. The van der Waals surface area contributed by atoms with Crippen LogP contribution in [0.3, 0.4) is 0 Å². The molecule has 2 unspecified atom stereocenters. The molecule has 2 atom stereocenters. The van der Waals surface area contributed by atoms with Crippen LogP contribution in [0.4, 0.5) is 0 Å². The topological polar surface area (TPSA) is 15.3 Å². The quantitative estimate of drug-likeness (QED) is 0.850. The molecule has 118 valence electrons. The van der Waals surface area contributed by atoms with Crippen LogP contribution in [-0.2, 0) is 6.54 Å². The lowest BCUT2D eigenvalue weighted by Gasteiger charge is -2.45. The second kappa shape index (κ2) is 7.32. The van der Waals surface area contributed by atoms with E-state index in [1.54, 1.807) is 6.07 Å². The van der Waals surface area contributed by atoms with Gasteiger partial charge in [-0.15, -0.1) is 0 Å². The van der Waals surface area contributed by atoms with Crippen LogP contribution < -0.4 is 5.32 Å². The van der Waals surface area contributed by atoms with Crippen LogP contribution >= 0.6 is 23.2 Å². The van der Waals surface area contributed by atoms with Crippen molar-refractivity contribution in [1.29, 1.82) is 0 Å². The molecule has 0 amide bonds. The maximum atomic E-state index is 6.05. The molecule has 1 fully saturated rings. The Hall–Kier alpha value is -0.280. The molecule has 1 aliphatic carbocycles. The van der Waals surface area contributed by atoms with E-state index in [1.165, 1.54) is 25.7 Å². The highest BCUT2D eigenvalue weighted by Crippen LogP contribution is 2.35. The van der Waals surface area contributed by atoms with Crippen molar-refractivity contribution in [3.05, 3.63) is 33.8 Å². The molecule has 0 aromatic heterocycles. The molecular formula is C17H26Cl2N2. The highest BCUT2D eigenvalue weighted by atomic mass is 35.5. The van der Waals surface area contributed by atoms with E-state index in [1.807, 2.05) is 12.1 Å². The summed E-state index contributed by atoms with van der Waals surface area (Å²) in [6, 6.07) is 5.73. The molecule has 21 heavy (non-hydrogen) atoms. The lowest BCUT2D eigenvalue weighted by molar-refractivity contribution is 0.0749. The summed E-state index contributed by atoms with van der Waals surface area (Å²) in [5.41, 5.74) is 1.42. The van der Waals surface area contributed by atoms with Crippen LogP contribution in [0.15, 0.2) is 18.2 Å². The van der Waals surface area contributed by atoms with Crippen molar-refractivity contribution in [2.45, 2.75) is 44.7 Å². The Morgan fingerprint density at radius 3 is 2.48 bits per heavy atom. The predicted octanol–water partition coefficient (Wildman–Crippen LogP) is 4.59. The molecule has 2 rings (SSSR count). The van der Waals surface area contributed by atoms with Gasteiger partial charge in [0.25, 0.3) is 0 Å². The second-order valence-corrected chi connectivity index (χ2v) is 7.57. The average molecular weight is 329 g/mol. The van der Waals surface area contributed by atoms with Gasteiger partial charge in [0.1, 0.15) is 0 Å². The van der Waals surface area contributed by atoms with Gasteiger partial charge in [-0.05, 0) is 56.6 Å². The standard InChI is InChI=1S/C17H26Cl2N2/c1-13-5-4-6-17(10-13,21(2)3)12-20-11-14-7-15(18)9-16(19)8-14/h7-9,13,20H,4-6,10-12H2,1-3H3. The van der Waals surface area contributed by atoms with Crippen LogP contribution in [-0.4, -0.2) is 31.1 Å². The Balaban J connectivity index is 1.96. The van der Waals surface area contributed by atoms with Crippen LogP contribution in [0.1, 0.15) is 38.2 Å². The number of nitrogens with zero attached hydrogens (tertiary/aromatic N) is 1. The Labute approximate surface area is 138 Å². The first-order valence-corrected chi connectivity index (χ1v) is 8.50. The fraction of sp³-hybridized carbons (Fsp3) is 0.647. The number of benzene rings is 1. The number of halogens is 2. The van der Waals surface area contributed by atoms with E-state index in [0.717, 1.165) is 24.6 Å². The first kappa shape index (κ1) is 17.1. The summed E-state index contributed by atoms with van der Waals surface area (Å²) in [6.07, 6.45) is 5.22. The van der Waals surface area contributed by atoms with Gasteiger partial charge >= 0.3 is 0 Å². The normalized spacial score (nSPS) is 26.3. The molecule has 4 heteroatoms. The Bertz CT molecular complexity index is 456. The van der Waals surface area contributed by atoms with E-state index in [2.05, 4.69) is 31.2 Å². The van der Waals surface area contributed by atoms with Crippen molar-refractivity contribution in [1.82, 2.24) is 10.2 Å². The van der Waals surface area contributed by atoms with Gasteiger partial charge in [0, 0.05) is 28.7 Å². The van der Waals surface area contributed by atoms with E-state index in [-0.39, 0.29) is 5.54 Å². The zero-order valence-electron chi connectivity index (χ0n) is 13.3. The van der Waals surface area contributed by atoms with Gasteiger partial charge in [0.15, 0.2) is 0 Å². The Morgan fingerprint density at radius 2 is 1.90 bits per heavy atom. The van der Waals surface area contributed by atoms with Crippen molar-refractivity contribution in [3.8, 4) is 0 Å². The molecule has 1 saturated carbocycles. The third kappa shape index (κ3) is 4.59. The lowest BCUT2D eigenvalue weighted by atomic mass is 9.75. The van der Waals surface area contributed by atoms with E-state index >= 15 is 0 Å². The smallest absolute Gasteiger partial charge is 0.0424 e. The SMILES string of the molecule is CC1CCCC(CNCc2cc(Cl)cc(Cl)c2)(N(C)C)C1. The van der Waals surface area contributed by atoms with Gasteiger partial charge in [0.2, 0.25) is 0 Å². The van der Waals surface area contributed by atoms with Crippen molar-refractivity contribution in [2.24, 2.45) is 5.92 Å². The largest absolute Gasteiger partial charge is 0.311 e. The van der Waals surface area contributed by atoms with E-state index < -0.39 is 0 Å². The molecular weight excluding hydrogens is 303 g/mol. The number of hydrogen-bond donors (Lipinski definition) is 1.